The molecule has 0 saturated heterocycles. The standard InChI is InChI=1S/C13H10N6OS/c14-5-7-3-1-2-4-8(7)6-21-13-16-9-10(18-13)17-12(15)19-11(9)20/h1-4H,6H2,(H4,15,16,17,18,19,20). The van der Waals surface area contributed by atoms with Crippen molar-refractivity contribution in [1.29, 1.82) is 5.26 Å². The van der Waals surface area contributed by atoms with Crippen LogP contribution in [0.3, 0.4) is 0 Å². The molecule has 0 spiro atoms. The van der Waals surface area contributed by atoms with Crippen LogP contribution in [0.15, 0.2) is 34.2 Å². The first-order valence-corrected chi connectivity index (χ1v) is 7.02. The molecule has 0 amide bonds. The van der Waals surface area contributed by atoms with Crippen molar-refractivity contribution >= 4 is 28.9 Å². The lowest BCUT2D eigenvalue weighted by Crippen LogP contribution is -2.10. The average Bonchev–Trinajstić information content (AvgIpc) is 2.88. The van der Waals surface area contributed by atoms with E-state index in [4.69, 9.17) is 11.0 Å². The van der Waals surface area contributed by atoms with Crippen molar-refractivity contribution in [2.75, 3.05) is 5.73 Å². The number of hydrogen-bond donors (Lipinski definition) is 3. The van der Waals surface area contributed by atoms with Crippen LogP contribution < -0.4 is 11.3 Å². The van der Waals surface area contributed by atoms with Crippen molar-refractivity contribution < 1.29 is 0 Å². The van der Waals surface area contributed by atoms with Crippen molar-refractivity contribution in [3.63, 3.8) is 0 Å². The van der Waals surface area contributed by atoms with Gasteiger partial charge in [-0.2, -0.15) is 10.2 Å². The summed E-state index contributed by atoms with van der Waals surface area (Å²) in [5.74, 6) is 0.599. The minimum absolute atomic E-state index is 0.0328. The number of fused-ring (bicyclic) bond motifs is 1. The van der Waals surface area contributed by atoms with Gasteiger partial charge in [-0.25, -0.2) is 4.98 Å². The Morgan fingerprint density at radius 1 is 1.29 bits per heavy atom. The summed E-state index contributed by atoms with van der Waals surface area (Å²) in [7, 11) is 0. The second kappa shape index (κ2) is 5.30. The number of nitrogens with one attached hydrogen (secondary N) is 2. The Balaban J connectivity index is 1.88. The summed E-state index contributed by atoms with van der Waals surface area (Å²) in [4.78, 5) is 25.2. The quantitative estimate of drug-likeness (QED) is 0.628. The molecule has 0 radical (unpaired) electrons. The van der Waals surface area contributed by atoms with Crippen molar-refractivity contribution in [2.24, 2.45) is 0 Å². The smallest absolute Gasteiger partial charge is 0.278 e. The number of thioether (sulfide) groups is 1. The van der Waals surface area contributed by atoms with E-state index in [0.29, 0.717) is 22.0 Å². The maximum Gasteiger partial charge on any atom is 0.278 e. The van der Waals surface area contributed by atoms with Crippen LogP contribution in [0.4, 0.5) is 5.95 Å². The van der Waals surface area contributed by atoms with E-state index in [1.807, 2.05) is 18.2 Å². The maximum atomic E-state index is 11.7. The van der Waals surface area contributed by atoms with Crippen LogP contribution in [-0.2, 0) is 5.75 Å². The number of anilines is 1. The second-order valence-electron chi connectivity index (χ2n) is 4.25. The second-order valence-corrected chi connectivity index (χ2v) is 5.21. The van der Waals surface area contributed by atoms with Crippen molar-refractivity contribution in [3.05, 3.63) is 45.7 Å². The van der Waals surface area contributed by atoms with Gasteiger partial charge < -0.3 is 10.7 Å². The Morgan fingerprint density at radius 2 is 2.10 bits per heavy atom. The molecule has 4 N–H and O–H groups in total. The molecule has 0 aliphatic heterocycles. The van der Waals surface area contributed by atoms with E-state index in [1.165, 1.54) is 11.8 Å². The fourth-order valence-corrected chi connectivity index (χ4v) is 2.74. The number of benzene rings is 1. The van der Waals surface area contributed by atoms with Gasteiger partial charge >= 0.3 is 0 Å². The lowest BCUT2D eigenvalue weighted by Gasteiger charge is -2.00. The first-order chi connectivity index (χ1) is 10.2. The normalized spacial score (nSPS) is 10.6. The number of H-pyrrole nitrogens is 2. The monoisotopic (exact) mass is 298 g/mol. The van der Waals surface area contributed by atoms with Gasteiger partial charge in [-0.1, -0.05) is 30.0 Å². The van der Waals surface area contributed by atoms with E-state index in [9.17, 15) is 4.79 Å². The Hall–Kier alpha value is -2.79. The Labute approximate surface area is 123 Å². The number of rotatable bonds is 3. The highest BCUT2D eigenvalue weighted by molar-refractivity contribution is 7.98. The summed E-state index contributed by atoms with van der Waals surface area (Å²) in [6.45, 7) is 0. The third kappa shape index (κ3) is 2.59. The lowest BCUT2D eigenvalue weighted by molar-refractivity contribution is 1.07. The SMILES string of the molecule is N#Cc1ccccc1CSc1nc2nc(N)[nH]c(=O)c2[nH]1. The summed E-state index contributed by atoms with van der Waals surface area (Å²) >= 11 is 1.39. The predicted molar refractivity (Wildman–Crippen MR) is 79.6 cm³/mol. The van der Waals surface area contributed by atoms with E-state index < -0.39 is 0 Å². The van der Waals surface area contributed by atoms with Gasteiger partial charge in [0.2, 0.25) is 5.95 Å². The molecular formula is C13H10N6OS. The van der Waals surface area contributed by atoms with E-state index in [0.717, 1.165) is 5.56 Å². The number of aromatic amines is 2. The fourth-order valence-electron chi connectivity index (χ4n) is 1.87. The zero-order chi connectivity index (χ0) is 14.8. The summed E-state index contributed by atoms with van der Waals surface area (Å²) < 4.78 is 0. The third-order valence-corrected chi connectivity index (χ3v) is 3.78. The molecule has 2 heterocycles. The molecule has 21 heavy (non-hydrogen) atoms. The van der Waals surface area contributed by atoms with Crippen molar-refractivity contribution in [3.8, 4) is 6.07 Å². The van der Waals surface area contributed by atoms with E-state index in [2.05, 4.69) is 26.0 Å². The molecule has 0 bridgehead atoms. The topological polar surface area (TPSA) is 124 Å². The van der Waals surface area contributed by atoms with Gasteiger partial charge in [-0.3, -0.25) is 9.78 Å². The highest BCUT2D eigenvalue weighted by atomic mass is 32.2. The summed E-state index contributed by atoms with van der Waals surface area (Å²) in [5, 5.41) is 9.60. The van der Waals surface area contributed by atoms with Crippen molar-refractivity contribution in [1.82, 2.24) is 19.9 Å². The average molecular weight is 298 g/mol. The summed E-state index contributed by atoms with van der Waals surface area (Å²) in [6.07, 6.45) is 0. The van der Waals surface area contributed by atoms with Gasteiger partial charge in [0.25, 0.3) is 5.56 Å². The molecule has 8 heteroatoms. The number of nitrogens with zero attached hydrogens (tertiary/aromatic N) is 3. The van der Waals surface area contributed by atoms with Gasteiger partial charge in [0.1, 0.15) is 0 Å². The predicted octanol–water partition coefficient (Wildman–Crippen LogP) is 1.39. The number of nitrogen functional groups attached to an aromatic ring is 1. The minimum Gasteiger partial charge on any atom is -0.369 e. The Kier molecular flexibility index (Phi) is 3.33. The van der Waals surface area contributed by atoms with E-state index in [-0.39, 0.29) is 17.2 Å². The van der Waals surface area contributed by atoms with Crippen LogP contribution in [0.2, 0.25) is 0 Å². The zero-order valence-corrected chi connectivity index (χ0v) is 11.6. The van der Waals surface area contributed by atoms with Crippen LogP contribution in [-0.4, -0.2) is 19.9 Å². The molecule has 3 aromatic rings. The molecule has 2 aromatic heterocycles. The van der Waals surface area contributed by atoms with Gasteiger partial charge in [-0.05, 0) is 11.6 Å². The molecule has 0 aliphatic carbocycles. The highest BCUT2D eigenvalue weighted by Gasteiger charge is 2.10. The van der Waals surface area contributed by atoms with Crippen LogP contribution in [0.1, 0.15) is 11.1 Å². The first kappa shape index (κ1) is 13.2. The maximum absolute atomic E-state index is 11.7. The molecule has 0 atom stereocenters. The number of nitrogens with two attached hydrogens (primary N) is 1. The van der Waals surface area contributed by atoms with E-state index >= 15 is 0 Å². The fraction of sp³-hybridized carbons (Fsp3) is 0.0769. The van der Waals surface area contributed by atoms with Crippen LogP contribution >= 0.6 is 11.8 Å². The Bertz CT molecular complexity index is 907. The van der Waals surface area contributed by atoms with Crippen LogP contribution in [0, 0.1) is 11.3 Å². The molecule has 3 rings (SSSR count). The Morgan fingerprint density at radius 3 is 2.90 bits per heavy atom. The van der Waals surface area contributed by atoms with Crippen LogP contribution in [0.5, 0.6) is 0 Å². The summed E-state index contributed by atoms with van der Waals surface area (Å²) in [6, 6.07) is 9.50. The molecule has 0 aliphatic rings. The lowest BCUT2D eigenvalue weighted by atomic mass is 10.1. The number of hydrogen-bond acceptors (Lipinski definition) is 6. The molecule has 104 valence electrons. The van der Waals surface area contributed by atoms with Crippen LogP contribution in [0.25, 0.3) is 11.2 Å². The molecular weight excluding hydrogens is 288 g/mol. The van der Waals surface area contributed by atoms with Crippen molar-refractivity contribution in [2.45, 2.75) is 10.9 Å². The first-order valence-electron chi connectivity index (χ1n) is 6.03. The molecule has 1 aromatic carbocycles. The molecule has 0 fully saturated rings. The number of imidazole rings is 1. The van der Waals surface area contributed by atoms with Gasteiger partial charge in [0.15, 0.2) is 16.3 Å². The highest BCUT2D eigenvalue weighted by Crippen LogP contribution is 2.23. The summed E-state index contributed by atoms with van der Waals surface area (Å²) in [5.41, 5.74) is 7.23. The number of aromatic nitrogens is 4. The van der Waals surface area contributed by atoms with Gasteiger partial charge in [-0.15, -0.1) is 0 Å². The molecule has 0 saturated carbocycles. The third-order valence-electron chi connectivity index (χ3n) is 2.86. The number of nitriles is 1. The zero-order valence-electron chi connectivity index (χ0n) is 10.8. The minimum atomic E-state index is -0.353. The van der Waals surface area contributed by atoms with Gasteiger partial charge in [0.05, 0.1) is 11.6 Å². The molecule has 7 nitrogen and oxygen atoms in total. The largest absolute Gasteiger partial charge is 0.369 e. The molecule has 0 unspecified atom stereocenters. The van der Waals surface area contributed by atoms with Gasteiger partial charge in [0, 0.05) is 5.75 Å². The van der Waals surface area contributed by atoms with E-state index in [1.54, 1.807) is 6.07 Å².